The van der Waals surface area contributed by atoms with Crippen molar-refractivity contribution in [2.75, 3.05) is 29.9 Å². The normalized spacial score (nSPS) is 24.1. The largest absolute Gasteiger partial charge is 0.391 e. The molecule has 100 valence electrons. The third-order valence-electron chi connectivity index (χ3n) is 3.59. The van der Waals surface area contributed by atoms with Crippen LogP contribution in [0.5, 0.6) is 0 Å². The predicted octanol–water partition coefficient (Wildman–Crippen LogP) is 2.11. The fourth-order valence-electron chi connectivity index (χ4n) is 2.25. The lowest BCUT2D eigenvalue weighted by Gasteiger charge is -2.35. The number of anilines is 2. The van der Waals surface area contributed by atoms with E-state index in [1.54, 1.807) is 0 Å². The standard InChI is InChI=1S/C14H23N3O/c1-3-5-16-12-7-13(9-15-8-12)17-6-4-11(2)14(18)10-17/h7-9,11,14,16,18H,3-6,10H2,1-2H3. The van der Waals surface area contributed by atoms with Crippen LogP contribution in [0, 0.1) is 5.92 Å². The van der Waals surface area contributed by atoms with Gasteiger partial charge in [0.2, 0.25) is 0 Å². The molecule has 18 heavy (non-hydrogen) atoms. The van der Waals surface area contributed by atoms with Crippen LogP contribution in [-0.4, -0.2) is 35.8 Å². The number of pyridine rings is 1. The van der Waals surface area contributed by atoms with Gasteiger partial charge in [-0.25, -0.2) is 0 Å². The Morgan fingerprint density at radius 3 is 3.06 bits per heavy atom. The van der Waals surface area contributed by atoms with Gasteiger partial charge in [0.25, 0.3) is 0 Å². The van der Waals surface area contributed by atoms with Crippen LogP contribution in [-0.2, 0) is 0 Å². The highest BCUT2D eigenvalue weighted by atomic mass is 16.3. The molecule has 1 aromatic heterocycles. The topological polar surface area (TPSA) is 48.4 Å². The third-order valence-corrected chi connectivity index (χ3v) is 3.59. The summed E-state index contributed by atoms with van der Waals surface area (Å²) >= 11 is 0. The van der Waals surface area contributed by atoms with Gasteiger partial charge in [-0.15, -0.1) is 0 Å². The van der Waals surface area contributed by atoms with Gasteiger partial charge in [-0.05, 0) is 24.8 Å². The van der Waals surface area contributed by atoms with Gasteiger partial charge in [0, 0.05) is 19.6 Å². The van der Waals surface area contributed by atoms with Gasteiger partial charge in [-0.1, -0.05) is 13.8 Å². The molecule has 0 aromatic carbocycles. The lowest BCUT2D eigenvalue weighted by molar-refractivity contribution is 0.103. The molecule has 2 unspecified atom stereocenters. The molecule has 1 fully saturated rings. The maximum absolute atomic E-state index is 9.94. The first-order valence-electron chi connectivity index (χ1n) is 6.82. The lowest BCUT2D eigenvalue weighted by Crippen LogP contribution is -2.42. The minimum Gasteiger partial charge on any atom is -0.391 e. The van der Waals surface area contributed by atoms with E-state index < -0.39 is 0 Å². The fourth-order valence-corrected chi connectivity index (χ4v) is 2.25. The summed E-state index contributed by atoms with van der Waals surface area (Å²) in [6, 6.07) is 2.12. The Morgan fingerprint density at radius 2 is 2.33 bits per heavy atom. The summed E-state index contributed by atoms with van der Waals surface area (Å²) in [6.07, 6.45) is 5.63. The maximum atomic E-state index is 9.94. The van der Waals surface area contributed by atoms with E-state index in [0.717, 1.165) is 37.3 Å². The third kappa shape index (κ3) is 3.13. The van der Waals surface area contributed by atoms with Gasteiger partial charge in [0.05, 0.1) is 29.9 Å². The zero-order valence-electron chi connectivity index (χ0n) is 11.3. The zero-order chi connectivity index (χ0) is 13.0. The van der Waals surface area contributed by atoms with Crippen molar-refractivity contribution in [1.29, 1.82) is 0 Å². The monoisotopic (exact) mass is 249 g/mol. The Morgan fingerprint density at radius 1 is 1.50 bits per heavy atom. The smallest absolute Gasteiger partial charge is 0.0741 e. The molecule has 0 aliphatic carbocycles. The molecule has 4 heteroatoms. The summed E-state index contributed by atoms with van der Waals surface area (Å²) < 4.78 is 0. The van der Waals surface area contributed by atoms with Crippen molar-refractivity contribution in [3.05, 3.63) is 18.5 Å². The maximum Gasteiger partial charge on any atom is 0.0741 e. The van der Waals surface area contributed by atoms with E-state index in [0.29, 0.717) is 12.5 Å². The average molecular weight is 249 g/mol. The Balaban J connectivity index is 2.04. The van der Waals surface area contributed by atoms with E-state index in [-0.39, 0.29) is 6.10 Å². The van der Waals surface area contributed by atoms with Crippen LogP contribution in [0.3, 0.4) is 0 Å². The van der Waals surface area contributed by atoms with Gasteiger partial charge < -0.3 is 15.3 Å². The second-order valence-electron chi connectivity index (χ2n) is 5.14. The minimum absolute atomic E-state index is 0.231. The molecule has 2 N–H and O–H groups in total. The summed E-state index contributed by atoms with van der Waals surface area (Å²) in [5.74, 6) is 0.399. The molecule has 0 spiro atoms. The van der Waals surface area contributed by atoms with E-state index in [1.807, 2.05) is 12.4 Å². The summed E-state index contributed by atoms with van der Waals surface area (Å²) in [5, 5.41) is 13.3. The molecule has 0 saturated carbocycles. The first-order chi connectivity index (χ1) is 8.70. The molecule has 0 bridgehead atoms. The number of hydrogen-bond donors (Lipinski definition) is 2. The van der Waals surface area contributed by atoms with Gasteiger partial charge in [0.1, 0.15) is 0 Å². The van der Waals surface area contributed by atoms with E-state index >= 15 is 0 Å². The van der Waals surface area contributed by atoms with Gasteiger partial charge in [-0.3, -0.25) is 4.98 Å². The van der Waals surface area contributed by atoms with Crippen LogP contribution in [0.25, 0.3) is 0 Å². The van der Waals surface area contributed by atoms with Crippen LogP contribution >= 0.6 is 0 Å². The van der Waals surface area contributed by atoms with Crippen molar-refractivity contribution >= 4 is 11.4 Å². The van der Waals surface area contributed by atoms with Crippen LogP contribution in [0.1, 0.15) is 26.7 Å². The molecule has 1 aliphatic heterocycles. The Labute approximate surface area is 109 Å². The summed E-state index contributed by atoms with van der Waals surface area (Å²) in [5.41, 5.74) is 2.16. The number of rotatable bonds is 4. The van der Waals surface area contributed by atoms with Crippen LogP contribution in [0.15, 0.2) is 18.5 Å². The van der Waals surface area contributed by atoms with Crippen molar-refractivity contribution < 1.29 is 5.11 Å². The van der Waals surface area contributed by atoms with Crippen molar-refractivity contribution in [1.82, 2.24) is 4.98 Å². The molecule has 1 aromatic rings. The summed E-state index contributed by atoms with van der Waals surface area (Å²) in [7, 11) is 0. The molecule has 1 saturated heterocycles. The summed E-state index contributed by atoms with van der Waals surface area (Å²) in [4.78, 5) is 6.49. The van der Waals surface area contributed by atoms with E-state index in [4.69, 9.17) is 0 Å². The van der Waals surface area contributed by atoms with E-state index in [2.05, 4.69) is 35.1 Å². The van der Waals surface area contributed by atoms with Crippen molar-refractivity contribution in [3.63, 3.8) is 0 Å². The quantitative estimate of drug-likeness (QED) is 0.858. The molecule has 0 radical (unpaired) electrons. The second kappa shape index (κ2) is 6.05. The number of β-amino-alcohol motifs (C(OH)–C–C–N with tert-alkyl or cyclic N) is 1. The minimum atomic E-state index is -0.231. The zero-order valence-corrected chi connectivity index (χ0v) is 11.3. The first kappa shape index (κ1) is 13.1. The van der Waals surface area contributed by atoms with Gasteiger partial charge >= 0.3 is 0 Å². The molecule has 2 atom stereocenters. The Kier molecular flexibility index (Phi) is 4.42. The van der Waals surface area contributed by atoms with Crippen LogP contribution < -0.4 is 10.2 Å². The Hall–Kier alpha value is -1.29. The number of aromatic nitrogens is 1. The molecular weight excluding hydrogens is 226 g/mol. The molecule has 1 aliphatic rings. The van der Waals surface area contributed by atoms with E-state index in [9.17, 15) is 5.11 Å². The lowest BCUT2D eigenvalue weighted by atomic mass is 9.96. The van der Waals surface area contributed by atoms with Crippen molar-refractivity contribution in [3.8, 4) is 0 Å². The van der Waals surface area contributed by atoms with Crippen LogP contribution in [0.4, 0.5) is 11.4 Å². The van der Waals surface area contributed by atoms with E-state index in [1.165, 1.54) is 0 Å². The molecule has 0 amide bonds. The SMILES string of the molecule is CCCNc1cncc(N2CCC(C)C(O)C2)c1. The van der Waals surface area contributed by atoms with Crippen LogP contribution in [0.2, 0.25) is 0 Å². The van der Waals surface area contributed by atoms with Gasteiger partial charge in [0.15, 0.2) is 0 Å². The predicted molar refractivity (Wildman–Crippen MR) is 75.0 cm³/mol. The number of piperidine rings is 1. The highest BCUT2D eigenvalue weighted by molar-refractivity contribution is 5.55. The number of nitrogens with zero attached hydrogens (tertiary/aromatic N) is 2. The average Bonchev–Trinajstić information content (AvgIpc) is 2.40. The number of aliphatic hydroxyl groups is 1. The van der Waals surface area contributed by atoms with Gasteiger partial charge in [-0.2, -0.15) is 0 Å². The molecule has 4 nitrogen and oxygen atoms in total. The number of hydrogen-bond acceptors (Lipinski definition) is 4. The molecule has 2 heterocycles. The first-order valence-corrected chi connectivity index (χ1v) is 6.82. The Bertz CT molecular complexity index is 383. The highest BCUT2D eigenvalue weighted by Gasteiger charge is 2.24. The number of aliphatic hydroxyl groups excluding tert-OH is 1. The van der Waals surface area contributed by atoms with Crippen molar-refractivity contribution in [2.45, 2.75) is 32.8 Å². The molecule has 2 rings (SSSR count). The summed E-state index contributed by atoms with van der Waals surface area (Å²) in [6.45, 7) is 6.92. The molecular formula is C14H23N3O. The highest BCUT2D eigenvalue weighted by Crippen LogP contribution is 2.24. The second-order valence-corrected chi connectivity index (χ2v) is 5.14. The fraction of sp³-hybridized carbons (Fsp3) is 0.643. The van der Waals surface area contributed by atoms with Crippen molar-refractivity contribution in [2.24, 2.45) is 5.92 Å². The number of nitrogens with one attached hydrogen (secondary N) is 1.